The van der Waals surface area contributed by atoms with Gasteiger partial charge in [-0.1, -0.05) is 12.1 Å². The molecule has 0 bridgehead atoms. The van der Waals surface area contributed by atoms with E-state index in [-0.39, 0.29) is 18.6 Å². The van der Waals surface area contributed by atoms with E-state index in [0.29, 0.717) is 12.5 Å². The quantitative estimate of drug-likeness (QED) is 0.761. The molecule has 0 radical (unpaired) electrons. The second-order valence-electron chi connectivity index (χ2n) is 5.73. The number of nitrogens with one attached hydrogen (secondary N) is 1. The summed E-state index contributed by atoms with van der Waals surface area (Å²) in [5.74, 6) is 0.401. The third kappa shape index (κ3) is 4.27. The lowest BCUT2D eigenvalue weighted by Crippen LogP contribution is -2.46. The predicted octanol–water partition coefficient (Wildman–Crippen LogP) is 1.18. The van der Waals surface area contributed by atoms with E-state index in [1.54, 1.807) is 0 Å². The van der Waals surface area contributed by atoms with Gasteiger partial charge < -0.3 is 16.2 Å². The highest BCUT2D eigenvalue weighted by Gasteiger charge is 2.26. The van der Waals surface area contributed by atoms with E-state index < -0.39 is 0 Å². The summed E-state index contributed by atoms with van der Waals surface area (Å²) < 4.78 is 0. The van der Waals surface area contributed by atoms with Crippen molar-refractivity contribution in [3.05, 3.63) is 29.8 Å². The number of benzene rings is 1. The molecule has 0 aliphatic carbocycles. The maximum absolute atomic E-state index is 12.3. The number of aliphatic hydroxyl groups is 1. The Morgan fingerprint density at radius 2 is 2.00 bits per heavy atom. The molecule has 0 aromatic heterocycles. The molecule has 1 aromatic rings. The number of aliphatic hydroxyl groups excluding tert-OH is 1. The highest BCUT2D eigenvalue weighted by atomic mass is 16.3. The third-order valence-corrected chi connectivity index (χ3v) is 4.29. The number of nitrogens with zero attached hydrogens (tertiary/aromatic N) is 1. The van der Waals surface area contributed by atoms with Crippen LogP contribution < -0.4 is 11.1 Å². The first-order valence-electron chi connectivity index (χ1n) is 7.58. The lowest BCUT2D eigenvalue weighted by Gasteiger charge is -2.34. The van der Waals surface area contributed by atoms with Crippen LogP contribution in [-0.4, -0.2) is 41.7 Å². The van der Waals surface area contributed by atoms with Gasteiger partial charge in [-0.3, -0.25) is 9.69 Å². The molecule has 21 heavy (non-hydrogen) atoms. The number of nitrogens with two attached hydrogens (primary N) is 1. The number of amides is 1. The summed E-state index contributed by atoms with van der Waals surface area (Å²) in [6, 6.07) is 7.45. The molecule has 0 spiro atoms. The Morgan fingerprint density at radius 3 is 2.52 bits per heavy atom. The van der Waals surface area contributed by atoms with Gasteiger partial charge in [0.2, 0.25) is 5.91 Å². The summed E-state index contributed by atoms with van der Waals surface area (Å²) in [4.78, 5) is 14.5. The molecule has 4 N–H and O–H groups in total. The van der Waals surface area contributed by atoms with Crippen molar-refractivity contribution in [2.24, 2.45) is 11.7 Å². The highest BCUT2D eigenvalue weighted by molar-refractivity contribution is 5.94. The summed E-state index contributed by atoms with van der Waals surface area (Å²) in [6.07, 6.45) is 1.92. The first kappa shape index (κ1) is 15.9. The first-order valence-corrected chi connectivity index (χ1v) is 7.58. The number of carbonyl (C=O) groups is 1. The van der Waals surface area contributed by atoms with Crippen molar-refractivity contribution in [1.82, 2.24) is 4.90 Å². The Labute approximate surface area is 126 Å². The van der Waals surface area contributed by atoms with Crippen LogP contribution in [0.4, 0.5) is 5.69 Å². The van der Waals surface area contributed by atoms with Gasteiger partial charge in [-0.25, -0.2) is 0 Å². The molecule has 1 saturated heterocycles. The molecule has 5 heteroatoms. The lowest BCUT2D eigenvalue weighted by atomic mass is 9.97. The van der Waals surface area contributed by atoms with Crippen molar-refractivity contribution in [3.63, 3.8) is 0 Å². The predicted molar refractivity (Wildman–Crippen MR) is 83.8 cm³/mol. The molecule has 1 aliphatic heterocycles. The summed E-state index contributed by atoms with van der Waals surface area (Å²) >= 11 is 0. The standard InChI is InChI=1S/C16H25N3O2/c1-12(19-8-6-14(11-20)7-9-19)16(21)18-15-4-2-13(10-17)3-5-15/h2-5,12,14,20H,6-11,17H2,1H3,(H,18,21). The Hall–Kier alpha value is -1.43. The minimum atomic E-state index is -0.154. The molecule has 1 heterocycles. The van der Waals surface area contributed by atoms with Crippen molar-refractivity contribution < 1.29 is 9.90 Å². The largest absolute Gasteiger partial charge is 0.396 e. The van der Waals surface area contributed by atoms with Crippen LogP contribution in [0, 0.1) is 5.92 Å². The molecule has 0 saturated carbocycles. The van der Waals surface area contributed by atoms with Crippen molar-refractivity contribution >= 4 is 11.6 Å². The average Bonchev–Trinajstić information content (AvgIpc) is 2.55. The molecule has 1 amide bonds. The zero-order chi connectivity index (χ0) is 15.2. The summed E-state index contributed by atoms with van der Waals surface area (Å²) in [5.41, 5.74) is 7.41. The van der Waals surface area contributed by atoms with Gasteiger partial charge in [0.05, 0.1) is 6.04 Å². The van der Waals surface area contributed by atoms with Crippen LogP contribution in [0.15, 0.2) is 24.3 Å². The van der Waals surface area contributed by atoms with E-state index in [1.165, 1.54) is 0 Å². The van der Waals surface area contributed by atoms with Gasteiger partial charge in [-0.2, -0.15) is 0 Å². The normalized spacial score (nSPS) is 18.4. The summed E-state index contributed by atoms with van der Waals surface area (Å²) in [6.45, 7) is 4.42. The van der Waals surface area contributed by atoms with Gasteiger partial charge in [0.25, 0.3) is 0 Å². The number of hydrogen-bond donors (Lipinski definition) is 3. The number of rotatable bonds is 5. The number of carbonyl (C=O) groups excluding carboxylic acids is 1. The number of piperidine rings is 1. The van der Waals surface area contributed by atoms with E-state index in [2.05, 4.69) is 10.2 Å². The second kappa shape index (κ2) is 7.54. The number of hydrogen-bond acceptors (Lipinski definition) is 4. The maximum Gasteiger partial charge on any atom is 0.241 e. The topological polar surface area (TPSA) is 78.6 Å². The van der Waals surface area contributed by atoms with Crippen molar-refractivity contribution in [2.75, 3.05) is 25.0 Å². The molecule has 1 fully saturated rings. The highest BCUT2D eigenvalue weighted by Crippen LogP contribution is 2.19. The van der Waals surface area contributed by atoms with Gasteiger partial charge in [0, 0.05) is 18.8 Å². The number of anilines is 1. The van der Waals surface area contributed by atoms with E-state index in [4.69, 9.17) is 10.8 Å². The van der Waals surface area contributed by atoms with Crippen LogP contribution in [0.25, 0.3) is 0 Å². The smallest absolute Gasteiger partial charge is 0.241 e. The Morgan fingerprint density at radius 1 is 1.38 bits per heavy atom. The van der Waals surface area contributed by atoms with Gasteiger partial charge in [0.1, 0.15) is 0 Å². The monoisotopic (exact) mass is 291 g/mol. The molecule has 2 rings (SSSR count). The molecule has 1 atom stereocenters. The Balaban J connectivity index is 1.87. The molecule has 1 aromatic carbocycles. The average molecular weight is 291 g/mol. The molecule has 5 nitrogen and oxygen atoms in total. The third-order valence-electron chi connectivity index (χ3n) is 4.29. The van der Waals surface area contributed by atoms with Crippen molar-refractivity contribution in [2.45, 2.75) is 32.4 Å². The Kier molecular flexibility index (Phi) is 5.73. The van der Waals surface area contributed by atoms with E-state index in [0.717, 1.165) is 37.2 Å². The van der Waals surface area contributed by atoms with Gasteiger partial charge in [-0.05, 0) is 56.5 Å². The minimum Gasteiger partial charge on any atom is -0.396 e. The number of likely N-dealkylation sites (tertiary alicyclic amines) is 1. The van der Waals surface area contributed by atoms with Crippen LogP contribution in [0.2, 0.25) is 0 Å². The van der Waals surface area contributed by atoms with Gasteiger partial charge in [-0.15, -0.1) is 0 Å². The fourth-order valence-corrected chi connectivity index (χ4v) is 2.66. The van der Waals surface area contributed by atoms with Crippen molar-refractivity contribution in [3.8, 4) is 0 Å². The van der Waals surface area contributed by atoms with Gasteiger partial charge >= 0.3 is 0 Å². The molecule has 1 aliphatic rings. The molecule has 1 unspecified atom stereocenters. The fourth-order valence-electron chi connectivity index (χ4n) is 2.66. The van der Waals surface area contributed by atoms with Crippen LogP contribution in [0.3, 0.4) is 0 Å². The zero-order valence-corrected chi connectivity index (χ0v) is 12.6. The van der Waals surface area contributed by atoms with E-state index >= 15 is 0 Å². The SMILES string of the molecule is CC(C(=O)Nc1ccc(CN)cc1)N1CCC(CO)CC1. The van der Waals surface area contributed by atoms with E-state index in [1.807, 2.05) is 31.2 Å². The molecule has 116 valence electrons. The van der Waals surface area contributed by atoms with Crippen LogP contribution in [-0.2, 0) is 11.3 Å². The van der Waals surface area contributed by atoms with Gasteiger partial charge in [0.15, 0.2) is 0 Å². The first-order chi connectivity index (χ1) is 10.1. The van der Waals surface area contributed by atoms with Crippen LogP contribution >= 0.6 is 0 Å². The summed E-state index contributed by atoms with van der Waals surface area (Å²) in [5, 5.41) is 12.1. The van der Waals surface area contributed by atoms with Crippen LogP contribution in [0.1, 0.15) is 25.3 Å². The van der Waals surface area contributed by atoms with E-state index in [9.17, 15) is 4.79 Å². The molecular weight excluding hydrogens is 266 g/mol. The maximum atomic E-state index is 12.3. The fraction of sp³-hybridized carbons (Fsp3) is 0.562. The molecular formula is C16H25N3O2. The van der Waals surface area contributed by atoms with Crippen molar-refractivity contribution in [1.29, 1.82) is 0 Å². The van der Waals surface area contributed by atoms with Crippen LogP contribution in [0.5, 0.6) is 0 Å². The second-order valence-corrected chi connectivity index (χ2v) is 5.73. The lowest BCUT2D eigenvalue weighted by molar-refractivity contribution is -0.121. The minimum absolute atomic E-state index is 0.0120. The Bertz CT molecular complexity index is 453. The zero-order valence-electron chi connectivity index (χ0n) is 12.6. The summed E-state index contributed by atoms with van der Waals surface area (Å²) in [7, 11) is 0.